The molecular weight excluding hydrogens is 574 g/mol. The van der Waals surface area contributed by atoms with Gasteiger partial charge in [-0.25, -0.2) is 9.59 Å². The minimum atomic E-state index is -1.68. The lowest BCUT2D eigenvalue weighted by Crippen LogP contribution is -2.36. The Morgan fingerprint density at radius 2 is 1.73 bits per heavy atom. The van der Waals surface area contributed by atoms with Crippen molar-refractivity contribution in [2.24, 2.45) is 0 Å². The number of anilines is 2. The van der Waals surface area contributed by atoms with E-state index in [0.29, 0.717) is 11.3 Å². The highest BCUT2D eigenvalue weighted by Gasteiger charge is 2.19. The first-order valence-electron chi connectivity index (χ1n) is 13.1. The normalized spacial score (nSPS) is 13.6. The molecule has 0 fully saturated rings. The van der Waals surface area contributed by atoms with Crippen molar-refractivity contribution in [1.29, 1.82) is 0 Å². The summed E-state index contributed by atoms with van der Waals surface area (Å²) >= 11 is 3.52. The van der Waals surface area contributed by atoms with Crippen LogP contribution in [0.3, 0.4) is 0 Å². The lowest BCUT2D eigenvalue weighted by atomic mass is 9.93. The van der Waals surface area contributed by atoms with Gasteiger partial charge < -0.3 is 20.8 Å². The number of aliphatic hydroxyl groups excluding tert-OH is 1. The molecule has 0 saturated carbocycles. The number of halogens is 1. The van der Waals surface area contributed by atoms with Crippen molar-refractivity contribution in [3.8, 4) is 0 Å². The summed E-state index contributed by atoms with van der Waals surface area (Å²) in [5, 5.41) is 23.6. The molecular formula is C31H32BrN3O5. The van der Waals surface area contributed by atoms with Crippen LogP contribution >= 0.6 is 15.9 Å². The highest BCUT2D eigenvalue weighted by Crippen LogP contribution is 2.29. The zero-order valence-electron chi connectivity index (χ0n) is 22.2. The Morgan fingerprint density at radius 1 is 1.00 bits per heavy atom. The number of carbonyl (C=O) groups is 3. The van der Waals surface area contributed by atoms with Crippen LogP contribution in [0.5, 0.6) is 0 Å². The van der Waals surface area contributed by atoms with Gasteiger partial charge in [0, 0.05) is 21.4 Å². The largest absolute Gasteiger partial charge is 0.479 e. The van der Waals surface area contributed by atoms with E-state index in [1.807, 2.05) is 49.4 Å². The van der Waals surface area contributed by atoms with E-state index >= 15 is 0 Å². The Morgan fingerprint density at radius 3 is 2.35 bits per heavy atom. The molecule has 4 rings (SSSR count). The summed E-state index contributed by atoms with van der Waals surface area (Å²) in [6, 6.07) is 20.0. The highest BCUT2D eigenvalue weighted by molar-refractivity contribution is 9.10. The Hall–Kier alpha value is -3.95. The third-order valence-corrected chi connectivity index (χ3v) is 7.66. The first kappa shape index (κ1) is 29.0. The molecule has 4 N–H and O–H groups in total. The predicted molar refractivity (Wildman–Crippen MR) is 159 cm³/mol. The Kier molecular flexibility index (Phi) is 9.74. The molecule has 0 unspecified atom stereocenters. The number of aryl methyl sites for hydroxylation is 1. The van der Waals surface area contributed by atoms with Crippen LogP contribution in [-0.2, 0) is 11.3 Å². The number of amides is 3. The number of allylic oxidation sites excluding steroid dienone is 2. The first-order valence-corrected chi connectivity index (χ1v) is 13.9. The molecule has 0 aliphatic heterocycles. The maximum Gasteiger partial charge on any atom is 0.334 e. The summed E-state index contributed by atoms with van der Waals surface area (Å²) in [6.07, 6.45) is 5.16. The number of hydrogen-bond donors (Lipinski definition) is 4. The Labute approximate surface area is 241 Å². The molecule has 1 atom stereocenters. The number of carbonyl (C=O) groups excluding carboxylic acids is 2. The van der Waals surface area contributed by atoms with Crippen molar-refractivity contribution in [2.45, 2.75) is 45.3 Å². The standard InChI is InChI=1S/C31H32BrN3O5/c1-20-7-14-25(17-27(20)32)34-31(40)35(26-15-12-23(13-16-26)22-5-3-2-4-6-22)19-21-8-10-24(11-9-21)29(37)33-18-28(36)30(38)39/h5,7-17,28,36H,2-4,6,18-19H2,1H3,(H,33,37)(H,34,40)(H,38,39)/t28-/m1/s1. The molecule has 9 heteroatoms. The van der Waals surface area contributed by atoms with Crippen molar-refractivity contribution in [1.82, 2.24) is 5.32 Å². The van der Waals surface area contributed by atoms with Crippen molar-refractivity contribution < 1.29 is 24.6 Å². The molecule has 0 aromatic heterocycles. The number of benzene rings is 3. The Bertz CT molecular complexity index is 1400. The average Bonchev–Trinajstić information content (AvgIpc) is 2.97. The molecule has 1 aliphatic rings. The molecule has 0 spiro atoms. The smallest absolute Gasteiger partial charge is 0.334 e. The van der Waals surface area contributed by atoms with E-state index in [1.165, 1.54) is 18.4 Å². The lowest BCUT2D eigenvalue weighted by Gasteiger charge is -2.24. The fourth-order valence-corrected chi connectivity index (χ4v) is 4.80. The van der Waals surface area contributed by atoms with Crippen molar-refractivity contribution >= 4 is 50.8 Å². The minimum absolute atomic E-state index is 0.251. The van der Waals surface area contributed by atoms with Gasteiger partial charge in [-0.05, 0) is 91.3 Å². The minimum Gasteiger partial charge on any atom is -0.479 e. The van der Waals surface area contributed by atoms with Gasteiger partial charge in [0.2, 0.25) is 0 Å². The highest BCUT2D eigenvalue weighted by atomic mass is 79.9. The number of nitrogens with one attached hydrogen (secondary N) is 2. The van der Waals surface area contributed by atoms with Crippen LogP contribution < -0.4 is 15.5 Å². The molecule has 0 heterocycles. The maximum atomic E-state index is 13.5. The van der Waals surface area contributed by atoms with Gasteiger partial charge in [-0.2, -0.15) is 0 Å². The molecule has 0 bridgehead atoms. The van der Waals surface area contributed by atoms with Crippen LogP contribution in [0.2, 0.25) is 0 Å². The molecule has 3 amide bonds. The van der Waals surface area contributed by atoms with E-state index in [1.54, 1.807) is 29.2 Å². The molecule has 3 aromatic carbocycles. The van der Waals surface area contributed by atoms with Crippen LogP contribution in [0.1, 0.15) is 52.7 Å². The van der Waals surface area contributed by atoms with Crippen molar-refractivity contribution in [3.63, 3.8) is 0 Å². The van der Waals surface area contributed by atoms with Crippen LogP contribution in [-0.4, -0.2) is 40.8 Å². The summed E-state index contributed by atoms with van der Waals surface area (Å²) in [7, 11) is 0. The number of aliphatic hydroxyl groups is 1. The van der Waals surface area contributed by atoms with Gasteiger partial charge in [0.1, 0.15) is 0 Å². The predicted octanol–water partition coefficient (Wildman–Crippen LogP) is 6.13. The zero-order chi connectivity index (χ0) is 28.6. The quantitative estimate of drug-likeness (QED) is 0.234. The van der Waals surface area contributed by atoms with E-state index in [-0.39, 0.29) is 12.6 Å². The lowest BCUT2D eigenvalue weighted by molar-refractivity contribution is -0.146. The summed E-state index contributed by atoms with van der Waals surface area (Å²) in [6.45, 7) is 1.83. The fraction of sp³-hybridized carbons (Fsp3) is 0.258. The Balaban J connectivity index is 1.53. The summed E-state index contributed by atoms with van der Waals surface area (Å²) < 4.78 is 0.895. The number of carboxylic acid groups (broad SMARTS) is 1. The molecule has 1 aliphatic carbocycles. The summed E-state index contributed by atoms with van der Waals surface area (Å²) in [5.74, 6) is -1.91. The van der Waals surface area contributed by atoms with Crippen LogP contribution in [0, 0.1) is 6.92 Å². The van der Waals surface area contributed by atoms with Crippen molar-refractivity contribution in [2.75, 3.05) is 16.8 Å². The molecule has 208 valence electrons. The monoisotopic (exact) mass is 605 g/mol. The second-order valence-corrected chi connectivity index (χ2v) is 10.6. The number of carboxylic acids is 1. The van der Waals surface area contributed by atoms with Gasteiger partial charge in [-0.1, -0.05) is 52.3 Å². The van der Waals surface area contributed by atoms with Gasteiger partial charge in [0.05, 0.1) is 13.1 Å². The number of aliphatic carboxylic acids is 1. The third kappa shape index (κ3) is 7.58. The van der Waals surface area contributed by atoms with E-state index in [4.69, 9.17) is 5.11 Å². The van der Waals surface area contributed by atoms with Crippen LogP contribution in [0.15, 0.2) is 77.3 Å². The topological polar surface area (TPSA) is 119 Å². The summed E-state index contributed by atoms with van der Waals surface area (Å²) in [4.78, 5) is 38.3. The maximum absolute atomic E-state index is 13.5. The van der Waals surface area contributed by atoms with Crippen LogP contribution in [0.4, 0.5) is 16.2 Å². The third-order valence-electron chi connectivity index (χ3n) is 6.81. The second kappa shape index (κ2) is 13.4. The zero-order valence-corrected chi connectivity index (χ0v) is 23.8. The molecule has 3 aromatic rings. The number of hydrogen-bond acceptors (Lipinski definition) is 4. The average molecular weight is 607 g/mol. The molecule has 40 heavy (non-hydrogen) atoms. The number of rotatable bonds is 9. The van der Waals surface area contributed by atoms with Gasteiger partial charge in [0.25, 0.3) is 5.91 Å². The van der Waals surface area contributed by atoms with E-state index in [2.05, 4.69) is 32.6 Å². The van der Waals surface area contributed by atoms with Crippen molar-refractivity contribution in [3.05, 3.63) is 99.5 Å². The second-order valence-electron chi connectivity index (χ2n) is 9.76. The van der Waals surface area contributed by atoms with E-state index < -0.39 is 24.5 Å². The van der Waals surface area contributed by atoms with Crippen LogP contribution in [0.25, 0.3) is 5.57 Å². The van der Waals surface area contributed by atoms with Gasteiger partial charge in [0.15, 0.2) is 6.10 Å². The molecule has 0 radical (unpaired) electrons. The van der Waals surface area contributed by atoms with Gasteiger partial charge in [-0.3, -0.25) is 9.69 Å². The van der Waals surface area contributed by atoms with Gasteiger partial charge >= 0.3 is 12.0 Å². The molecule has 8 nitrogen and oxygen atoms in total. The number of urea groups is 1. The SMILES string of the molecule is Cc1ccc(NC(=O)N(Cc2ccc(C(=O)NC[C@@H](O)C(=O)O)cc2)c2ccc(C3=CCCCC3)cc2)cc1Br. The molecule has 0 saturated heterocycles. The summed E-state index contributed by atoms with van der Waals surface area (Å²) in [5.41, 5.74) is 6.05. The van der Waals surface area contributed by atoms with E-state index in [0.717, 1.165) is 39.7 Å². The van der Waals surface area contributed by atoms with E-state index in [9.17, 15) is 19.5 Å². The first-order chi connectivity index (χ1) is 19.2. The fourth-order valence-electron chi connectivity index (χ4n) is 4.42. The number of nitrogens with zero attached hydrogens (tertiary/aromatic N) is 1. The van der Waals surface area contributed by atoms with Gasteiger partial charge in [-0.15, -0.1) is 0 Å².